The Morgan fingerprint density at radius 2 is 1.03 bits per heavy atom. The highest BCUT2D eigenvalue weighted by Gasteiger charge is 2.74. The molecular formula is C26H20O9. The number of carbonyl (C=O) groups excluding carboxylic acids is 2. The van der Waals surface area contributed by atoms with Crippen molar-refractivity contribution in [2.24, 2.45) is 0 Å². The fourth-order valence-electron chi connectivity index (χ4n) is 5.52. The van der Waals surface area contributed by atoms with Crippen LogP contribution >= 0.6 is 0 Å². The van der Waals surface area contributed by atoms with Gasteiger partial charge < -0.3 is 35.0 Å². The topological polar surface area (TPSA) is 154 Å². The Balaban J connectivity index is 0.000000727. The summed E-state index contributed by atoms with van der Waals surface area (Å²) in [6.07, 6.45) is 0. The zero-order chi connectivity index (χ0) is 25.0. The number of carbonyl (C=O) groups is 2. The number of ether oxygens (including phenoxy) is 2. The van der Waals surface area contributed by atoms with Crippen molar-refractivity contribution in [2.45, 2.75) is 29.7 Å². The molecule has 0 saturated heterocycles. The number of rotatable bonds is 0. The second-order valence-corrected chi connectivity index (χ2v) is 8.82. The van der Waals surface area contributed by atoms with Crippen molar-refractivity contribution in [3.05, 3.63) is 94.0 Å². The summed E-state index contributed by atoms with van der Waals surface area (Å²) in [4.78, 5) is 26.4. The van der Waals surface area contributed by atoms with E-state index in [0.717, 1.165) is 0 Å². The fourth-order valence-corrected chi connectivity index (χ4v) is 5.52. The molecule has 2 aliphatic heterocycles. The Labute approximate surface area is 198 Å². The van der Waals surface area contributed by atoms with Gasteiger partial charge in [-0.1, -0.05) is 48.5 Å². The molecule has 0 radical (unpaired) electrons. The molecule has 3 aromatic carbocycles. The molecule has 9 heteroatoms. The molecule has 5 N–H and O–H groups in total. The molecule has 9 nitrogen and oxygen atoms in total. The quantitative estimate of drug-likeness (QED) is 0.319. The van der Waals surface area contributed by atoms with Gasteiger partial charge in [-0.25, -0.2) is 0 Å². The van der Waals surface area contributed by atoms with Crippen LogP contribution in [0.1, 0.15) is 49.9 Å². The summed E-state index contributed by atoms with van der Waals surface area (Å²) in [5.74, 6) is -6.47. The van der Waals surface area contributed by atoms with Crippen LogP contribution in [0.3, 0.4) is 0 Å². The lowest BCUT2D eigenvalue weighted by Crippen LogP contribution is -2.49. The summed E-state index contributed by atoms with van der Waals surface area (Å²) < 4.78 is 11.4. The van der Waals surface area contributed by atoms with Gasteiger partial charge in [0.1, 0.15) is 11.5 Å². The predicted molar refractivity (Wildman–Crippen MR) is 118 cm³/mol. The molecule has 0 spiro atoms. The molecule has 178 valence electrons. The first kappa shape index (κ1) is 21.9. The second kappa shape index (κ2) is 6.54. The number of hydrogen-bond acceptors (Lipinski definition) is 9. The van der Waals surface area contributed by atoms with Crippen molar-refractivity contribution in [1.82, 2.24) is 0 Å². The van der Waals surface area contributed by atoms with Gasteiger partial charge in [-0.15, -0.1) is 0 Å². The summed E-state index contributed by atoms with van der Waals surface area (Å²) in [5, 5.41) is 53.1. The Morgan fingerprint density at radius 3 is 1.43 bits per heavy atom. The second-order valence-electron chi connectivity index (χ2n) is 8.82. The van der Waals surface area contributed by atoms with Crippen molar-refractivity contribution in [3.8, 4) is 11.5 Å². The number of aliphatic hydroxyl groups is 5. The highest BCUT2D eigenvalue weighted by Crippen LogP contribution is 2.63. The van der Waals surface area contributed by atoms with Gasteiger partial charge in [0.25, 0.3) is 11.6 Å². The normalized spacial score (nSPS) is 32.3. The molecule has 2 aliphatic carbocycles. The highest BCUT2D eigenvalue weighted by molar-refractivity contribution is 6.11. The Kier molecular flexibility index (Phi) is 4.09. The molecule has 2 heterocycles. The van der Waals surface area contributed by atoms with Gasteiger partial charge in [-0.05, 0) is 13.0 Å². The van der Waals surface area contributed by atoms with E-state index in [2.05, 4.69) is 0 Å². The Bertz CT molecular complexity index is 1360. The highest BCUT2D eigenvalue weighted by atomic mass is 16.7. The minimum atomic E-state index is -2.51. The smallest absolute Gasteiger partial charge is 0.276 e. The number of aliphatic hydroxyl groups excluding tert-OH is 1. The van der Waals surface area contributed by atoms with E-state index in [1.165, 1.54) is 36.4 Å². The largest absolute Gasteiger partial charge is 0.454 e. The van der Waals surface area contributed by atoms with Crippen LogP contribution in [0, 0.1) is 0 Å². The Hall–Kier alpha value is -3.60. The van der Waals surface area contributed by atoms with Crippen molar-refractivity contribution in [1.29, 1.82) is 0 Å². The van der Waals surface area contributed by atoms with E-state index in [4.69, 9.17) is 14.6 Å². The summed E-state index contributed by atoms with van der Waals surface area (Å²) in [7, 11) is 0. The third kappa shape index (κ3) is 2.17. The van der Waals surface area contributed by atoms with Crippen LogP contribution in [-0.4, -0.2) is 43.7 Å². The van der Waals surface area contributed by atoms with Crippen molar-refractivity contribution in [2.75, 3.05) is 6.61 Å². The van der Waals surface area contributed by atoms with Crippen molar-refractivity contribution < 1.29 is 44.6 Å². The van der Waals surface area contributed by atoms with Crippen LogP contribution in [0.4, 0.5) is 0 Å². The summed E-state index contributed by atoms with van der Waals surface area (Å²) in [6.45, 7) is 1.93. The summed E-state index contributed by atoms with van der Waals surface area (Å²) >= 11 is 0. The van der Waals surface area contributed by atoms with E-state index in [1.807, 2.05) is 0 Å². The molecule has 4 aliphatic rings. The van der Waals surface area contributed by atoms with Crippen LogP contribution in [-0.2, 0) is 22.8 Å². The first-order valence-electron chi connectivity index (χ1n) is 11.0. The minimum absolute atomic E-state index is 0.0653. The van der Waals surface area contributed by atoms with Crippen molar-refractivity contribution in [3.63, 3.8) is 0 Å². The lowest BCUT2D eigenvalue weighted by atomic mass is 9.81. The third-order valence-electron chi connectivity index (χ3n) is 7.09. The average molecular weight is 476 g/mol. The van der Waals surface area contributed by atoms with E-state index in [-0.39, 0.29) is 51.5 Å². The van der Waals surface area contributed by atoms with Crippen LogP contribution < -0.4 is 9.47 Å². The monoisotopic (exact) mass is 476 g/mol. The van der Waals surface area contributed by atoms with Crippen LogP contribution in [0.2, 0.25) is 0 Å². The van der Waals surface area contributed by atoms with E-state index >= 15 is 0 Å². The standard InChI is InChI=1S/C24H14O8.C2H6O/c25-19-11-5-1-3-7-13(11)23(29)21(19,27)15-9-16-18(10-17(15)31-23)32-24(30)14-8-4-2-6-12(14)20(26)22(16,24)28;1-2-3/h1-10,27-30H;3H,2H2,1H3/t21-,22-,23-,24-;/m0./s1. The number of benzene rings is 3. The van der Waals surface area contributed by atoms with Gasteiger partial charge in [-0.2, -0.15) is 0 Å². The first-order valence-corrected chi connectivity index (χ1v) is 11.0. The molecule has 4 atom stereocenters. The maximum Gasteiger partial charge on any atom is 0.276 e. The number of ketones is 2. The maximum atomic E-state index is 13.2. The first-order chi connectivity index (χ1) is 16.6. The molecule has 0 fully saturated rings. The molecular weight excluding hydrogens is 456 g/mol. The molecule has 7 rings (SSSR count). The average Bonchev–Trinajstić information content (AvgIpc) is 3.35. The lowest BCUT2D eigenvalue weighted by Gasteiger charge is -2.30. The van der Waals surface area contributed by atoms with Gasteiger partial charge in [0.2, 0.25) is 22.8 Å². The van der Waals surface area contributed by atoms with E-state index in [0.29, 0.717) is 0 Å². The van der Waals surface area contributed by atoms with Crippen LogP contribution in [0.15, 0.2) is 60.7 Å². The zero-order valence-electron chi connectivity index (χ0n) is 18.3. The van der Waals surface area contributed by atoms with Crippen LogP contribution in [0.25, 0.3) is 0 Å². The van der Waals surface area contributed by atoms with Crippen molar-refractivity contribution >= 4 is 11.6 Å². The fraction of sp³-hybridized carbons (Fsp3) is 0.231. The van der Waals surface area contributed by atoms with E-state index in [9.17, 15) is 30.0 Å². The third-order valence-corrected chi connectivity index (χ3v) is 7.09. The van der Waals surface area contributed by atoms with Gasteiger partial charge in [0.05, 0.1) is 0 Å². The van der Waals surface area contributed by atoms with E-state index in [1.54, 1.807) is 31.2 Å². The Morgan fingerprint density at radius 1 is 0.657 bits per heavy atom. The van der Waals surface area contributed by atoms with Gasteiger partial charge in [0.15, 0.2) is 0 Å². The molecule has 0 aromatic heterocycles. The van der Waals surface area contributed by atoms with Crippen LogP contribution in [0.5, 0.6) is 11.5 Å². The molecule has 0 amide bonds. The molecule has 0 unspecified atom stereocenters. The molecule has 35 heavy (non-hydrogen) atoms. The lowest BCUT2D eigenvalue weighted by molar-refractivity contribution is -0.227. The SMILES string of the molecule is CCO.O=C1c2ccccc2[C@]2(O)Oc3cc4c(cc3[C@]12O)[C@]1(O)C(=O)c2ccccc2[C@]1(O)O4. The summed E-state index contributed by atoms with van der Waals surface area (Å²) in [5.41, 5.74) is -4.89. The summed E-state index contributed by atoms with van der Waals surface area (Å²) in [6, 6.07) is 14.7. The predicted octanol–water partition coefficient (Wildman–Crippen LogP) is 0.928. The molecule has 0 saturated carbocycles. The minimum Gasteiger partial charge on any atom is -0.454 e. The number of fused-ring (bicyclic) bond motifs is 10. The number of Topliss-reactive ketones (excluding diaryl/α,β-unsaturated/α-hetero) is 2. The zero-order valence-corrected chi connectivity index (χ0v) is 18.3. The van der Waals surface area contributed by atoms with E-state index < -0.39 is 34.3 Å². The molecule has 0 bridgehead atoms. The van der Waals surface area contributed by atoms with Gasteiger partial charge in [-0.3, -0.25) is 9.59 Å². The maximum absolute atomic E-state index is 13.2. The van der Waals surface area contributed by atoms with Gasteiger partial charge in [0, 0.05) is 46.1 Å². The van der Waals surface area contributed by atoms with Gasteiger partial charge >= 0.3 is 0 Å². The molecule has 3 aromatic rings. The number of hydrogen-bond donors (Lipinski definition) is 5.